The smallest absolute Gasteiger partial charge is 0.220 e. The summed E-state index contributed by atoms with van der Waals surface area (Å²) in [7, 11) is 0. The molecule has 0 aliphatic carbocycles. The van der Waals surface area contributed by atoms with Crippen molar-refractivity contribution >= 4 is 5.91 Å². The zero-order valence-corrected chi connectivity index (χ0v) is 16.4. The first-order valence-corrected chi connectivity index (χ1v) is 9.47. The van der Waals surface area contributed by atoms with Gasteiger partial charge in [0.25, 0.3) is 0 Å². The predicted octanol–water partition coefficient (Wildman–Crippen LogP) is 4.27. The van der Waals surface area contributed by atoms with Crippen LogP contribution in [0.1, 0.15) is 37.8 Å². The molecule has 2 rings (SSSR count). The van der Waals surface area contributed by atoms with Crippen LogP contribution in [-0.2, 0) is 11.3 Å². The zero-order chi connectivity index (χ0) is 19.5. The van der Waals surface area contributed by atoms with E-state index in [0.717, 1.165) is 17.1 Å². The number of hydrogen-bond donors (Lipinski definition) is 1. The topological polar surface area (TPSA) is 56.8 Å². The number of carbonyl (C=O) groups excluding carboxylic acids is 1. The molecular weight excluding hydrogens is 342 g/mol. The van der Waals surface area contributed by atoms with Crippen molar-refractivity contribution in [2.45, 2.75) is 40.2 Å². The maximum absolute atomic E-state index is 12.0. The lowest BCUT2D eigenvalue weighted by Crippen LogP contribution is -2.23. The van der Waals surface area contributed by atoms with Crippen molar-refractivity contribution < 1.29 is 19.0 Å². The number of benzene rings is 2. The van der Waals surface area contributed by atoms with Crippen molar-refractivity contribution in [3.8, 4) is 17.2 Å². The minimum atomic E-state index is 0.00866. The third-order valence-electron chi connectivity index (χ3n) is 3.94. The van der Waals surface area contributed by atoms with Crippen molar-refractivity contribution in [1.82, 2.24) is 5.32 Å². The summed E-state index contributed by atoms with van der Waals surface area (Å²) in [5.74, 6) is 2.27. The maximum Gasteiger partial charge on any atom is 0.220 e. The Balaban J connectivity index is 1.73. The van der Waals surface area contributed by atoms with E-state index < -0.39 is 0 Å². The standard InChI is InChI=1S/C22H29NO4/c1-4-25-20-13-10-18(15-21(20)26-5-2)16-23-22(24)7-6-14-27-19-11-8-17(3)9-12-19/h8-13,15H,4-7,14,16H2,1-3H3,(H,23,24). The quantitative estimate of drug-likeness (QED) is 0.600. The molecule has 0 unspecified atom stereocenters. The molecule has 1 N–H and O–H groups in total. The molecule has 0 atom stereocenters. The van der Waals surface area contributed by atoms with Gasteiger partial charge in [-0.05, 0) is 57.0 Å². The molecule has 5 nitrogen and oxygen atoms in total. The second-order valence-electron chi connectivity index (χ2n) is 6.19. The highest BCUT2D eigenvalue weighted by molar-refractivity contribution is 5.75. The summed E-state index contributed by atoms with van der Waals surface area (Å²) in [4.78, 5) is 12.0. The molecular formula is C22H29NO4. The molecule has 27 heavy (non-hydrogen) atoms. The van der Waals surface area contributed by atoms with Gasteiger partial charge in [-0.1, -0.05) is 23.8 Å². The number of carbonyl (C=O) groups is 1. The molecule has 1 amide bonds. The predicted molar refractivity (Wildman–Crippen MR) is 107 cm³/mol. The lowest BCUT2D eigenvalue weighted by molar-refractivity contribution is -0.121. The van der Waals surface area contributed by atoms with Crippen LogP contribution in [0.25, 0.3) is 0 Å². The fourth-order valence-corrected chi connectivity index (χ4v) is 2.55. The molecule has 0 aliphatic heterocycles. The van der Waals surface area contributed by atoms with Gasteiger partial charge in [-0.25, -0.2) is 0 Å². The Morgan fingerprint density at radius 3 is 2.33 bits per heavy atom. The van der Waals surface area contributed by atoms with Gasteiger partial charge >= 0.3 is 0 Å². The number of nitrogens with one attached hydrogen (secondary N) is 1. The molecule has 0 saturated heterocycles. The first kappa shape index (κ1) is 20.6. The van der Waals surface area contributed by atoms with Crippen molar-refractivity contribution in [3.63, 3.8) is 0 Å². The van der Waals surface area contributed by atoms with Gasteiger partial charge in [0.15, 0.2) is 11.5 Å². The van der Waals surface area contributed by atoms with E-state index in [0.29, 0.717) is 45.0 Å². The van der Waals surface area contributed by atoms with E-state index in [2.05, 4.69) is 5.32 Å². The average Bonchev–Trinajstić information content (AvgIpc) is 2.67. The summed E-state index contributed by atoms with van der Waals surface area (Å²) in [6, 6.07) is 13.6. The minimum Gasteiger partial charge on any atom is -0.494 e. The van der Waals surface area contributed by atoms with E-state index in [1.54, 1.807) is 0 Å². The molecule has 0 radical (unpaired) electrons. The van der Waals surface area contributed by atoms with Crippen LogP contribution in [0.3, 0.4) is 0 Å². The number of ether oxygens (including phenoxy) is 3. The van der Waals surface area contributed by atoms with E-state index >= 15 is 0 Å². The highest BCUT2D eigenvalue weighted by Gasteiger charge is 2.07. The van der Waals surface area contributed by atoms with E-state index in [1.807, 2.05) is 63.2 Å². The summed E-state index contributed by atoms with van der Waals surface area (Å²) in [5, 5.41) is 2.94. The van der Waals surface area contributed by atoms with Crippen LogP contribution >= 0.6 is 0 Å². The van der Waals surface area contributed by atoms with Crippen LogP contribution in [0.5, 0.6) is 17.2 Å². The van der Waals surface area contributed by atoms with Crippen molar-refractivity contribution in [3.05, 3.63) is 53.6 Å². The summed E-state index contributed by atoms with van der Waals surface area (Å²) in [5.41, 5.74) is 2.18. The molecule has 0 aliphatic rings. The summed E-state index contributed by atoms with van der Waals surface area (Å²) in [6.45, 7) is 8.04. The first-order chi connectivity index (χ1) is 13.1. The molecule has 5 heteroatoms. The van der Waals surface area contributed by atoms with Crippen LogP contribution in [0.15, 0.2) is 42.5 Å². The number of hydrogen-bond acceptors (Lipinski definition) is 4. The van der Waals surface area contributed by atoms with E-state index in [9.17, 15) is 4.79 Å². The van der Waals surface area contributed by atoms with Crippen molar-refractivity contribution in [2.24, 2.45) is 0 Å². The summed E-state index contributed by atoms with van der Waals surface area (Å²) >= 11 is 0. The Hall–Kier alpha value is -2.69. The summed E-state index contributed by atoms with van der Waals surface area (Å²) < 4.78 is 16.8. The normalized spacial score (nSPS) is 10.3. The largest absolute Gasteiger partial charge is 0.494 e. The zero-order valence-electron chi connectivity index (χ0n) is 16.4. The molecule has 0 fully saturated rings. The van der Waals surface area contributed by atoms with E-state index in [-0.39, 0.29) is 5.91 Å². The van der Waals surface area contributed by atoms with Crippen LogP contribution < -0.4 is 19.5 Å². The lowest BCUT2D eigenvalue weighted by atomic mass is 10.2. The third kappa shape index (κ3) is 7.21. The number of rotatable bonds is 11. The third-order valence-corrected chi connectivity index (χ3v) is 3.94. The summed E-state index contributed by atoms with van der Waals surface area (Å²) in [6.07, 6.45) is 1.11. The molecule has 0 spiro atoms. The molecule has 146 valence electrons. The van der Waals surface area contributed by atoms with Gasteiger partial charge in [0.2, 0.25) is 5.91 Å². The SMILES string of the molecule is CCOc1ccc(CNC(=O)CCCOc2ccc(C)cc2)cc1OCC. The number of amides is 1. The Morgan fingerprint density at radius 2 is 1.63 bits per heavy atom. The van der Waals surface area contributed by atoms with Gasteiger partial charge in [0.05, 0.1) is 19.8 Å². The maximum atomic E-state index is 12.0. The fraction of sp³-hybridized carbons (Fsp3) is 0.409. The van der Waals surface area contributed by atoms with Crippen LogP contribution in [0.2, 0.25) is 0 Å². The van der Waals surface area contributed by atoms with Crippen LogP contribution in [-0.4, -0.2) is 25.7 Å². The highest BCUT2D eigenvalue weighted by atomic mass is 16.5. The van der Waals surface area contributed by atoms with Gasteiger partial charge in [-0.2, -0.15) is 0 Å². The Morgan fingerprint density at radius 1 is 0.926 bits per heavy atom. The minimum absolute atomic E-state index is 0.00866. The van der Waals surface area contributed by atoms with Gasteiger partial charge in [-0.15, -0.1) is 0 Å². The Kier molecular flexibility index (Phi) is 8.49. The first-order valence-electron chi connectivity index (χ1n) is 9.47. The van der Waals surface area contributed by atoms with Crippen LogP contribution in [0.4, 0.5) is 0 Å². The Labute approximate surface area is 161 Å². The van der Waals surface area contributed by atoms with Crippen molar-refractivity contribution in [2.75, 3.05) is 19.8 Å². The van der Waals surface area contributed by atoms with Crippen molar-refractivity contribution in [1.29, 1.82) is 0 Å². The second kappa shape index (κ2) is 11.1. The van der Waals surface area contributed by atoms with Crippen LogP contribution in [0, 0.1) is 6.92 Å². The molecule has 2 aromatic carbocycles. The monoisotopic (exact) mass is 371 g/mol. The average molecular weight is 371 g/mol. The Bertz CT molecular complexity index is 713. The molecule has 0 heterocycles. The fourth-order valence-electron chi connectivity index (χ4n) is 2.55. The van der Waals surface area contributed by atoms with E-state index in [1.165, 1.54) is 5.56 Å². The van der Waals surface area contributed by atoms with E-state index in [4.69, 9.17) is 14.2 Å². The van der Waals surface area contributed by atoms with Gasteiger partial charge in [0.1, 0.15) is 5.75 Å². The molecule has 0 saturated carbocycles. The highest BCUT2D eigenvalue weighted by Crippen LogP contribution is 2.28. The van der Waals surface area contributed by atoms with Gasteiger partial charge in [-0.3, -0.25) is 4.79 Å². The lowest BCUT2D eigenvalue weighted by Gasteiger charge is -2.13. The van der Waals surface area contributed by atoms with Gasteiger partial charge in [0, 0.05) is 13.0 Å². The molecule has 0 aromatic heterocycles. The molecule has 2 aromatic rings. The van der Waals surface area contributed by atoms with Gasteiger partial charge < -0.3 is 19.5 Å². The second-order valence-corrected chi connectivity index (χ2v) is 6.19. The number of aryl methyl sites for hydroxylation is 1. The molecule has 0 bridgehead atoms.